The van der Waals surface area contributed by atoms with Crippen molar-refractivity contribution in [2.75, 3.05) is 0 Å². The Kier molecular flexibility index (Phi) is 8.19. The van der Waals surface area contributed by atoms with E-state index in [2.05, 4.69) is 10.3 Å². The molecule has 1 aliphatic heterocycles. The summed E-state index contributed by atoms with van der Waals surface area (Å²) in [5, 5.41) is 11.0. The minimum atomic E-state index is -1.40. The van der Waals surface area contributed by atoms with Crippen LogP contribution in [0.4, 0.5) is 13.2 Å². The summed E-state index contributed by atoms with van der Waals surface area (Å²) in [5.41, 5.74) is 6.38. The van der Waals surface area contributed by atoms with E-state index in [1.54, 1.807) is 12.3 Å². The number of benzene rings is 2. The van der Waals surface area contributed by atoms with Gasteiger partial charge in [-0.1, -0.05) is 30.4 Å². The van der Waals surface area contributed by atoms with Crippen molar-refractivity contribution in [3.63, 3.8) is 0 Å². The second kappa shape index (κ2) is 11.3. The Morgan fingerprint density at radius 1 is 1.21 bits per heavy atom. The average Bonchev–Trinajstić information content (AvgIpc) is 3.07. The molecule has 0 aliphatic carbocycles. The predicted octanol–water partition coefficient (Wildman–Crippen LogP) is 5.09. The van der Waals surface area contributed by atoms with Crippen molar-refractivity contribution in [1.29, 1.82) is 5.41 Å². The standard InChI is InChI=1S/C26H25F3N4O/c1-16(27)24(14-19-6-3-2-4-13-32-19)33-26(34)20-7-5-8-21(29)25(20)23(31)15-22(30)17-9-11-18(28)12-10-17/h3-13,15-16,24,31H,2,14,30H2,1H3,(H,33,34)/b22-15-,31-23?. The van der Waals surface area contributed by atoms with Gasteiger partial charge in [-0.3, -0.25) is 9.79 Å². The number of carbonyl (C=O) groups is 1. The van der Waals surface area contributed by atoms with E-state index in [9.17, 15) is 18.0 Å². The molecule has 2 unspecified atom stereocenters. The molecule has 0 saturated heterocycles. The van der Waals surface area contributed by atoms with E-state index < -0.39 is 29.8 Å². The minimum Gasteiger partial charge on any atom is -0.398 e. The number of hydrogen-bond acceptors (Lipinski definition) is 4. The lowest BCUT2D eigenvalue weighted by molar-refractivity contribution is 0.0915. The first-order valence-electron chi connectivity index (χ1n) is 10.7. The predicted molar refractivity (Wildman–Crippen MR) is 129 cm³/mol. The van der Waals surface area contributed by atoms with Gasteiger partial charge >= 0.3 is 0 Å². The summed E-state index contributed by atoms with van der Waals surface area (Å²) in [7, 11) is 0. The molecule has 4 N–H and O–H groups in total. The van der Waals surface area contributed by atoms with E-state index in [1.165, 1.54) is 49.4 Å². The minimum absolute atomic E-state index is 0.0982. The summed E-state index contributed by atoms with van der Waals surface area (Å²) in [6, 6.07) is 8.18. The van der Waals surface area contributed by atoms with Crippen LogP contribution in [-0.4, -0.2) is 29.5 Å². The molecule has 2 aromatic carbocycles. The van der Waals surface area contributed by atoms with E-state index in [-0.39, 0.29) is 29.0 Å². The number of nitrogens with one attached hydrogen (secondary N) is 2. The number of alkyl halides is 1. The van der Waals surface area contributed by atoms with Crippen LogP contribution in [0.15, 0.2) is 78.0 Å². The van der Waals surface area contributed by atoms with Gasteiger partial charge in [0.15, 0.2) is 0 Å². The van der Waals surface area contributed by atoms with Gasteiger partial charge in [0.05, 0.1) is 17.3 Å². The lowest BCUT2D eigenvalue weighted by atomic mass is 9.98. The highest BCUT2D eigenvalue weighted by molar-refractivity contribution is 6.16. The Morgan fingerprint density at radius 3 is 2.65 bits per heavy atom. The maximum atomic E-state index is 14.7. The highest BCUT2D eigenvalue weighted by Crippen LogP contribution is 2.19. The topological polar surface area (TPSA) is 91.3 Å². The molecule has 2 atom stereocenters. The fourth-order valence-corrected chi connectivity index (χ4v) is 3.40. The van der Waals surface area contributed by atoms with Gasteiger partial charge in [0.2, 0.25) is 0 Å². The molecule has 176 valence electrons. The van der Waals surface area contributed by atoms with E-state index in [0.29, 0.717) is 17.7 Å². The molecular weight excluding hydrogens is 441 g/mol. The van der Waals surface area contributed by atoms with Gasteiger partial charge in [-0.2, -0.15) is 0 Å². The van der Waals surface area contributed by atoms with Crippen molar-refractivity contribution in [3.8, 4) is 0 Å². The number of aliphatic imine (C=N–C) groups is 1. The summed E-state index contributed by atoms with van der Waals surface area (Å²) in [4.78, 5) is 17.3. The first-order valence-corrected chi connectivity index (χ1v) is 10.7. The third kappa shape index (κ3) is 6.31. The number of amides is 1. The second-order valence-electron chi connectivity index (χ2n) is 7.79. The third-order valence-corrected chi connectivity index (χ3v) is 5.23. The van der Waals surface area contributed by atoms with Crippen molar-refractivity contribution >= 4 is 23.0 Å². The van der Waals surface area contributed by atoms with Crippen LogP contribution < -0.4 is 11.1 Å². The molecule has 1 amide bonds. The van der Waals surface area contributed by atoms with Gasteiger partial charge in [-0.15, -0.1) is 0 Å². The number of hydrogen-bond donors (Lipinski definition) is 3. The normalized spacial score (nSPS) is 15.3. The Hall–Kier alpha value is -3.94. The Bertz CT molecular complexity index is 1180. The van der Waals surface area contributed by atoms with E-state index >= 15 is 0 Å². The quantitative estimate of drug-likeness (QED) is 0.473. The van der Waals surface area contributed by atoms with Crippen LogP contribution in [0.1, 0.15) is 41.3 Å². The zero-order valence-electron chi connectivity index (χ0n) is 18.6. The van der Waals surface area contributed by atoms with E-state index in [0.717, 1.165) is 6.07 Å². The van der Waals surface area contributed by atoms with Crippen LogP contribution in [-0.2, 0) is 0 Å². The largest absolute Gasteiger partial charge is 0.398 e. The molecular formula is C26H25F3N4O. The number of nitrogens with zero attached hydrogens (tertiary/aromatic N) is 1. The van der Waals surface area contributed by atoms with Crippen molar-refractivity contribution in [1.82, 2.24) is 5.32 Å². The molecule has 0 bridgehead atoms. The van der Waals surface area contributed by atoms with Crippen molar-refractivity contribution in [2.45, 2.75) is 32.0 Å². The SMILES string of the molecule is CC(F)C(CC1=NC=CCC=C1)NC(=O)c1cccc(F)c1C(=N)/C=C(\N)c1ccc(F)cc1. The summed E-state index contributed by atoms with van der Waals surface area (Å²) in [6.45, 7) is 1.32. The van der Waals surface area contributed by atoms with E-state index in [1.807, 2.05) is 12.2 Å². The van der Waals surface area contributed by atoms with Crippen LogP contribution in [0.5, 0.6) is 0 Å². The van der Waals surface area contributed by atoms with Gasteiger partial charge < -0.3 is 16.5 Å². The summed E-state index contributed by atoms with van der Waals surface area (Å²) >= 11 is 0. The monoisotopic (exact) mass is 466 g/mol. The second-order valence-corrected chi connectivity index (χ2v) is 7.79. The van der Waals surface area contributed by atoms with Crippen molar-refractivity contribution in [2.24, 2.45) is 10.7 Å². The Morgan fingerprint density at radius 2 is 1.94 bits per heavy atom. The first kappa shape index (κ1) is 24.7. The molecule has 0 spiro atoms. The fourth-order valence-electron chi connectivity index (χ4n) is 3.40. The number of allylic oxidation sites excluding steroid dienone is 4. The number of carbonyl (C=O) groups excluding carboxylic acids is 1. The fraction of sp³-hybridized carbons (Fsp3) is 0.192. The third-order valence-electron chi connectivity index (χ3n) is 5.23. The highest BCUT2D eigenvalue weighted by Gasteiger charge is 2.24. The van der Waals surface area contributed by atoms with Crippen LogP contribution >= 0.6 is 0 Å². The van der Waals surface area contributed by atoms with Crippen LogP contribution in [0.25, 0.3) is 5.70 Å². The van der Waals surface area contributed by atoms with Crippen LogP contribution in [0.3, 0.4) is 0 Å². The van der Waals surface area contributed by atoms with Gasteiger partial charge in [0.1, 0.15) is 17.8 Å². The molecule has 3 rings (SSSR count). The molecule has 5 nitrogen and oxygen atoms in total. The molecule has 8 heteroatoms. The number of rotatable bonds is 8. The van der Waals surface area contributed by atoms with Crippen molar-refractivity contribution < 1.29 is 18.0 Å². The maximum Gasteiger partial charge on any atom is 0.252 e. The lowest BCUT2D eigenvalue weighted by Gasteiger charge is -2.21. The highest BCUT2D eigenvalue weighted by atomic mass is 19.1. The molecule has 1 aliphatic rings. The van der Waals surface area contributed by atoms with Gasteiger partial charge in [0, 0.05) is 29.6 Å². The van der Waals surface area contributed by atoms with Gasteiger partial charge in [-0.25, -0.2) is 13.2 Å². The average molecular weight is 467 g/mol. The lowest BCUT2D eigenvalue weighted by Crippen LogP contribution is -2.42. The summed E-state index contributed by atoms with van der Waals surface area (Å²) in [5.74, 6) is -1.97. The smallest absolute Gasteiger partial charge is 0.252 e. The van der Waals surface area contributed by atoms with Gasteiger partial charge in [-0.05, 0) is 55.3 Å². The number of halogens is 3. The van der Waals surface area contributed by atoms with Crippen LogP contribution in [0, 0.1) is 17.0 Å². The van der Waals surface area contributed by atoms with E-state index in [4.69, 9.17) is 11.1 Å². The molecule has 1 heterocycles. The molecule has 2 aromatic rings. The molecule has 0 aromatic heterocycles. The molecule has 0 radical (unpaired) electrons. The zero-order valence-corrected chi connectivity index (χ0v) is 18.6. The maximum absolute atomic E-state index is 14.7. The number of nitrogens with two attached hydrogens (primary N) is 1. The molecule has 34 heavy (non-hydrogen) atoms. The van der Waals surface area contributed by atoms with Crippen molar-refractivity contribution in [3.05, 3.63) is 101 Å². The molecule has 0 saturated carbocycles. The Labute approximate surface area is 196 Å². The Balaban J connectivity index is 1.86. The van der Waals surface area contributed by atoms with Gasteiger partial charge in [0.25, 0.3) is 5.91 Å². The summed E-state index contributed by atoms with van der Waals surface area (Å²) in [6.07, 6.45) is 7.77. The first-order chi connectivity index (χ1) is 16.3. The zero-order chi connectivity index (χ0) is 24.7. The summed E-state index contributed by atoms with van der Waals surface area (Å²) < 4.78 is 42.2. The molecule has 0 fully saturated rings. The van der Waals surface area contributed by atoms with Crippen LogP contribution in [0.2, 0.25) is 0 Å².